The maximum absolute atomic E-state index is 6.59. The first-order valence-electron chi connectivity index (χ1n) is 12.5. The van der Waals surface area contributed by atoms with Crippen LogP contribution in [0.1, 0.15) is 117 Å². The second kappa shape index (κ2) is 19.3. The number of unbranched alkanes of at least 4 members (excludes halogenated alkanes) is 12. The van der Waals surface area contributed by atoms with Gasteiger partial charge >= 0.3 is 9.28 Å². The van der Waals surface area contributed by atoms with E-state index < -0.39 is 9.28 Å². The fraction of sp³-hybridized carbons (Fsp3) is 0.769. The Morgan fingerprint density at radius 3 is 1.55 bits per heavy atom. The molecule has 1 rings (SSSR count). The fourth-order valence-corrected chi connectivity index (χ4v) is 5.69. The minimum atomic E-state index is -1.78. The van der Waals surface area contributed by atoms with Crippen molar-refractivity contribution in [1.29, 1.82) is 0 Å². The van der Waals surface area contributed by atoms with Crippen molar-refractivity contribution < 1.29 is 8.85 Å². The van der Waals surface area contributed by atoms with Crippen LogP contribution in [0.2, 0.25) is 0 Å². The van der Waals surface area contributed by atoms with Crippen LogP contribution < -0.4 is 5.19 Å². The van der Waals surface area contributed by atoms with E-state index >= 15 is 0 Å². The van der Waals surface area contributed by atoms with Crippen molar-refractivity contribution >= 4 is 14.5 Å². The van der Waals surface area contributed by atoms with Gasteiger partial charge in [0, 0.05) is 13.2 Å². The van der Waals surface area contributed by atoms with Gasteiger partial charge in [0.2, 0.25) is 0 Å². The van der Waals surface area contributed by atoms with Gasteiger partial charge in [0.1, 0.15) is 0 Å². The summed E-state index contributed by atoms with van der Waals surface area (Å²) in [5, 5.41) is 1.26. The summed E-state index contributed by atoms with van der Waals surface area (Å²) in [7, 11) is 0.0441. The minimum absolute atomic E-state index is 0.373. The Kier molecular flexibility index (Phi) is 17.6. The minimum Gasteiger partial charge on any atom is -0.397 e. The van der Waals surface area contributed by atoms with Crippen molar-refractivity contribution in [3.63, 3.8) is 0 Å². The topological polar surface area (TPSA) is 18.5 Å². The van der Waals surface area contributed by atoms with Gasteiger partial charge in [-0.15, -0.1) is 0 Å². The molecule has 0 spiro atoms. The first-order valence-corrected chi connectivity index (χ1v) is 14.1. The van der Waals surface area contributed by atoms with Gasteiger partial charge in [-0.25, -0.2) is 0 Å². The van der Waals surface area contributed by atoms with Gasteiger partial charge in [-0.3, -0.25) is 0 Å². The lowest BCUT2D eigenvalue weighted by Gasteiger charge is -2.23. The molecule has 3 heteroatoms. The van der Waals surface area contributed by atoms with Crippen LogP contribution in [0, 0.1) is 0 Å². The summed E-state index contributed by atoms with van der Waals surface area (Å²) in [4.78, 5) is 0. The fourth-order valence-electron chi connectivity index (χ4n) is 3.99. The third kappa shape index (κ3) is 14.1. The van der Waals surface area contributed by atoms with Crippen LogP contribution in [-0.2, 0) is 8.85 Å². The summed E-state index contributed by atoms with van der Waals surface area (Å²) in [6.45, 7) is 4.57. The third-order valence-electron chi connectivity index (χ3n) is 5.86. The molecular weight excluding hydrogens is 372 g/mol. The van der Waals surface area contributed by atoms with E-state index in [1.54, 1.807) is 0 Å². The maximum atomic E-state index is 6.59. The van der Waals surface area contributed by atoms with Gasteiger partial charge in [-0.1, -0.05) is 134 Å². The van der Waals surface area contributed by atoms with E-state index in [1.165, 1.54) is 108 Å². The second-order valence-corrected chi connectivity index (χ2v) is 10.6. The zero-order valence-corrected chi connectivity index (χ0v) is 20.8. The first-order chi connectivity index (χ1) is 14.3. The Labute approximate surface area is 183 Å². The van der Waals surface area contributed by atoms with Gasteiger partial charge in [0.05, 0.1) is 0 Å². The monoisotopic (exact) mass is 420 g/mol. The number of hydrogen-bond acceptors (Lipinski definition) is 2. The van der Waals surface area contributed by atoms with E-state index in [9.17, 15) is 0 Å². The Morgan fingerprint density at radius 1 is 0.655 bits per heavy atom. The molecule has 0 heterocycles. The highest BCUT2D eigenvalue weighted by Crippen LogP contribution is 2.18. The lowest BCUT2D eigenvalue weighted by atomic mass is 10.0. The molecule has 168 valence electrons. The molecule has 1 aromatic carbocycles. The van der Waals surface area contributed by atoms with E-state index in [2.05, 4.69) is 44.2 Å². The Hall–Kier alpha value is -0.643. The lowest BCUT2D eigenvalue weighted by Crippen LogP contribution is -2.39. The molecule has 0 amide bonds. The van der Waals surface area contributed by atoms with E-state index in [0.29, 0.717) is 6.10 Å². The molecule has 0 radical (unpaired) electrons. The van der Waals surface area contributed by atoms with Crippen molar-refractivity contribution in [3.8, 4) is 0 Å². The van der Waals surface area contributed by atoms with E-state index in [0.717, 1.165) is 0 Å². The quantitative estimate of drug-likeness (QED) is 0.161. The summed E-state index contributed by atoms with van der Waals surface area (Å²) >= 11 is 0. The van der Waals surface area contributed by atoms with Crippen LogP contribution in [0.3, 0.4) is 0 Å². The van der Waals surface area contributed by atoms with Crippen LogP contribution in [0.15, 0.2) is 30.3 Å². The van der Waals surface area contributed by atoms with Crippen LogP contribution in [0.25, 0.3) is 0 Å². The molecule has 0 aliphatic carbocycles. The molecular formula is C26H48O2Si. The molecule has 0 fully saturated rings. The molecule has 1 unspecified atom stereocenters. The molecule has 1 atom stereocenters. The van der Waals surface area contributed by atoms with Crippen molar-refractivity contribution in [2.24, 2.45) is 0 Å². The van der Waals surface area contributed by atoms with Gasteiger partial charge < -0.3 is 8.85 Å². The molecule has 0 saturated carbocycles. The predicted molar refractivity (Wildman–Crippen MR) is 130 cm³/mol. The molecule has 1 aromatic rings. The molecule has 0 saturated heterocycles. The standard InChI is InChI=1S/C26H48O2Si/c1-4-6-8-10-12-14-17-21-25(22-18-15-13-11-9-7-5-2)28-29(27-3)26-23-19-16-20-24-26/h16,19-20,23-25,29H,4-15,17-18,21-22H2,1-3H3. The van der Waals surface area contributed by atoms with Crippen molar-refractivity contribution in [1.82, 2.24) is 0 Å². The van der Waals surface area contributed by atoms with Crippen molar-refractivity contribution in [2.75, 3.05) is 7.11 Å². The summed E-state index contributed by atoms with van der Waals surface area (Å²) in [6.07, 6.45) is 21.9. The zero-order chi connectivity index (χ0) is 21.0. The molecule has 2 nitrogen and oxygen atoms in total. The van der Waals surface area contributed by atoms with Gasteiger partial charge in [0.25, 0.3) is 0 Å². The van der Waals surface area contributed by atoms with Crippen molar-refractivity contribution in [3.05, 3.63) is 30.3 Å². The molecule has 0 aromatic heterocycles. The van der Waals surface area contributed by atoms with Crippen LogP contribution in [0.5, 0.6) is 0 Å². The highest BCUT2D eigenvalue weighted by atomic mass is 28.3. The Bertz CT molecular complexity index is 433. The average molecular weight is 421 g/mol. The summed E-state index contributed by atoms with van der Waals surface area (Å²) in [6, 6.07) is 10.6. The summed E-state index contributed by atoms with van der Waals surface area (Å²) in [5.41, 5.74) is 0. The Balaban J connectivity index is 2.38. The zero-order valence-electron chi connectivity index (χ0n) is 19.7. The third-order valence-corrected chi connectivity index (χ3v) is 7.85. The van der Waals surface area contributed by atoms with Crippen LogP contribution in [-0.4, -0.2) is 22.5 Å². The van der Waals surface area contributed by atoms with Gasteiger partial charge in [0.15, 0.2) is 0 Å². The number of benzene rings is 1. The first kappa shape index (κ1) is 26.4. The molecule has 0 N–H and O–H groups in total. The summed E-state index contributed by atoms with van der Waals surface area (Å²) < 4.78 is 12.4. The maximum Gasteiger partial charge on any atom is 0.355 e. The second-order valence-electron chi connectivity index (χ2n) is 8.56. The van der Waals surface area contributed by atoms with Crippen LogP contribution in [0.4, 0.5) is 0 Å². The number of hydrogen-bond donors (Lipinski definition) is 0. The average Bonchev–Trinajstić information content (AvgIpc) is 2.76. The van der Waals surface area contributed by atoms with Gasteiger partial charge in [-0.2, -0.15) is 0 Å². The lowest BCUT2D eigenvalue weighted by molar-refractivity contribution is 0.137. The highest BCUT2D eigenvalue weighted by Gasteiger charge is 2.20. The largest absolute Gasteiger partial charge is 0.397 e. The van der Waals surface area contributed by atoms with Crippen LogP contribution >= 0.6 is 0 Å². The van der Waals surface area contributed by atoms with Crippen molar-refractivity contribution in [2.45, 2.75) is 123 Å². The smallest absolute Gasteiger partial charge is 0.355 e. The molecule has 0 aliphatic rings. The van der Waals surface area contributed by atoms with E-state index in [-0.39, 0.29) is 0 Å². The predicted octanol–water partition coefficient (Wildman–Crippen LogP) is 7.43. The normalized spacial score (nSPS) is 12.6. The molecule has 0 bridgehead atoms. The van der Waals surface area contributed by atoms with E-state index in [4.69, 9.17) is 8.85 Å². The molecule has 29 heavy (non-hydrogen) atoms. The summed E-state index contributed by atoms with van der Waals surface area (Å²) in [5.74, 6) is 0. The molecule has 0 aliphatic heterocycles. The van der Waals surface area contributed by atoms with E-state index in [1.807, 2.05) is 7.11 Å². The van der Waals surface area contributed by atoms with Gasteiger partial charge in [-0.05, 0) is 18.0 Å². The highest BCUT2D eigenvalue weighted by molar-refractivity contribution is 6.61. The SMILES string of the molecule is CCCCCCCCCC(CCCCCCCCC)O[SiH](OC)c1ccccc1. The number of rotatable bonds is 20. The Morgan fingerprint density at radius 2 is 1.10 bits per heavy atom.